The van der Waals surface area contributed by atoms with Gasteiger partial charge in [-0.15, -0.1) is 0 Å². The summed E-state index contributed by atoms with van der Waals surface area (Å²) in [6.45, 7) is 0.323. The Morgan fingerprint density at radius 2 is 2.04 bits per heavy atom. The Balaban J connectivity index is 1.37. The summed E-state index contributed by atoms with van der Waals surface area (Å²) in [6, 6.07) is 6.24. The van der Waals surface area contributed by atoms with Crippen molar-refractivity contribution in [2.24, 2.45) is 0 Å². The molecule has 0 atom stereocenters. The summed E-state index contributed by atoms with van der Waals surface area (Å²) in [7, 11) is 0. The Morgan fingerprint density at radius 3 is 2.79 bits per heavy atom. The second kappa shape index (κ2) is 7.70. The molecule has 3 heterocycles. The molecule has 1 aromatic carbocycles. The Hall–Kier alpha value is -2.75. The summed E-state index contributed by atoms with van der Waals surface area (Å²) in [6.07, 6.45) is 2.40. The van der Waals surface area contributed by atoms with Crippen molar-refractivity contribution in [1.29, 1.82) is 0 Å². The van der Waals surface area contributed by atoms with Crippen molar-refractivity contribution in [2.75, 3.05) is 0 Å². The van der Waals surface area contributed by atoms with Crippen molar-refractivity contribution in [1.82, 2.24) is 23.9 Å². The van der Waals surface area contributed by atoms with Gasteiger partial charge >= 0.3 is 0 Å². The van der Waals surface area contributed by atoms with E-state index in [1.165, 1.54) is 35.1 Å². The second-order valence-electron chi connectivity index (χ2n) is 6.40. The van der Waals surface area contributed by atoms with Crippen molar-refractivity contribution in [2.45, 2.75) is 37.4 Å². The number of fused-ring (bicyclic) bond motifs is 1. The Morgan fingerprint density at radius 1 is 1.21 bits per heavy atom. The zero-order valence-corrected chi connectivity index (χ0v) is 15.5. The number of alkyl halides is 2. The van der Waals surface area contributed by atoms with Gasteiger partial charge in [0.25, 0.3) is 6.43 Å². The van der Waals surface area contributed by atoms with E-state index in [0.717, 1.165) is 11.3 Å². The first-order valence-corrected chi connectivity index (χ1v) is 9.33. The maximum atomic E-state index is 13.7. The van der Waals surface area contributed by atoms with E-state index in [0.29, 0.717) is 23.5 Å². The molecular formula is C18H16F3N5OS. The molecule has 0 aliphatic carbocycles. The van der Waals surface area contributed by atoms with Crippen LogP contribution in [0.5, 0.6) is 0 Å². The van der Waals surface area contributed by atoms with Crippen LogP contribution in [0, 0.1) is 5.82 Å². The van der Waals surface area contributed by atoms with Crippen LogP contribution in [0.25, 0.3) is 0 Å². The fraction of sp³-hybridized carbons (Fsp3) is 0.278. The molecule has 1 aliphatic heterocycles. The Labute approximate surface area is 163 Å². The fourth-order valence-electron chi connectivity index (χ4n) is 3.01. The topological polar surface area (TPSA) is 56.0 Å². The normalized spacial score (nSPS) is 13.4. The number of amides is 1. The van der Waals surface area contributed by atoms with Gasteiger partial charge in [-0.3, -0.25) is 9.48 Å². The van der Waals surface area contributed by atoms with Gasteiger partial charge in [0, 0.05) is 36.4 Å². The third-order valence-electron chi connectivity index (χ3n) is 4.34. The Bertz CT molecular complexity index is 979. The number of benzene rings is 1. The van der Waals surface area contributed by atoms with Crippen LogP contribution in [0.1, 0.15) is 16.8 Å². The van der Waals surface area contributed by atoms with Gasteiger partial charge in [-0.2, -0.15) is 10.2 Å². The number of carbonyl (C=O) groups excluding carboxylic acids is 1. The lowest BCUT2D eigenvalue weighted by molar-refractivity contribution is -0.131. The van der Waals surface area contributed by atoms with E-state index >= 15 is 0 Å². The van der Waals surface area contributed by atoms with Gasteiger partial charge in [0.2, 0.25) is 5.91 Å². The predicted molar refractivity (Wildman–Crippen MR) is 96.1 cm³/mol. The molecule has 1 aliphatic rings. The summed E-state index contributed by atoms with van der Waals surface area (Å²) in [5, 5.41) is 8.33. The molecule has 0 fully saturated rings. The average Bonchev–Trinajstić information content (AvgIpc) is 3.32. The van der Waals surface area contributed by atoms with E-state index in [9.17, 15) is 18.0 Å². The zero-order chi connectivity index (χ0) is 19.7. The molecular weight excluding hydrogens is 391 g/mol. The number of halogens is 3. The molecule has 0 bridgehead atoms. The van der Waals surface area contributed by atoms with Gasteiger partial charge in [0.1, 0.15) is 12.4 Å². The van der Waals surface area contributed by atoms with E-state index < -0.39 is 13.0 Å². The predicted octanol–water partition coefficient (Wildman–Crippen LogP) is 3.12. The van der Waals surface area contributed by atoms with Crippen LogP contribution in [0.2, 0.25) is 0 Å². The minimum atomic E-state index is -2.46. The van der Waals surface area contributed by atoms with Crippen LogP contribution in [-0.2, 0) is 30.8 Å². The number of carbonyl (C=O) groups is 1. The van der Waals surface area contributed by atoms with Crippen LogP contribution in [0.15, 0.2) is 47.8 Å². The molecule has 0 N–H and O–H groups in total. The first-order chi connectivity index (χ1) is 13.5. The van der Waals surface area contributed by atoms with Gasteiger partial charge in [0.05, 0.1) is 29.8 Å². The summed E-state index contributed by atoms with van der Waals surface area (Å²) >= 11 is 1.26. The minimum absolute atomic E-state index is 0.00895. The highest BCUT2D eigenvalue weighted by Crippen LogP contribution is 2.27. The van der Waals surface area contributed by atoms with Crippen molar-refractivity contribution in [3.05, 3.63) is 65.5 Å². The van der Waals surface area contributed by atoms with E-state index in [-0.39, 0.29) is 18.1 Å². The molecule has 1 amide bonds. The molecule has 4 rings (SSSR count). The lowest BCUT2D eigenvalue weighted by Gasteiger charge is -2.16. The lowest BCUT2D eigenvalue weighted by atomic mass is 10.1. The van der Waals surface area contributed by atoms with Crippen molar-refractivity contribution in [3.8, 4) is 0 Å². The first-order valence-electron chi connectivity index (χ1n) is 8.55. The van der Waals surface area contributed by atoms with E-state index in [2.05, 4.69) is 10.2 Å². The molecule has 0 spiro atoms. The van der Waals surface area contributed by atoms with Gasteiger partial charge in [-0.25, -0.2) is 17.3 Å². The van der Waals surface area contributed by atoms with Gasteiger partial charge in [-0.1, -0.05) is 18.2 Å². The largest absolute Gasteiger partial charge is 0.332 e. The highest BCUT2D eigenvalue weighted by Gasteiger charge is 2.27. The first kappa shape index (κ1) is 18.6. The summed E-state index contributed by atoms with van der Waals surface area (Å²) in [4.78, 5) is 14.8. The fourth-order valence-corrected chi connectivity index (χ4v) is 3.81. The number of hydrogen-bond donors (Lipinski definition) is 0. The van der Waals surface area contributed by atoms with Crippen molar-refractivity contribution >= 4 is 17.9 Å². The maximum Gasteiger partial charge on any atom is 0.257 e. The highest BCUT2D eigenvalue weighted by atomic mass is 32.2. The molecule has 28 heavy (non-hydrogen) atoms. The summed E-state index contributed by atoms with van der Waals surface area (Å²) in [5.74, 6) is -0.544. The van der Waals surface area contributed by atoms with Gasteiger partial charge in [-0.05, 0) is 11.6 Å². The molecule has 3 aromatic rings. The standard InChI is InChI=1S/C18H16F3N5OS/c19-15-4-2-1-3-12(15)5-18(27)24-7-13-8-26(23-16(13)10-24)28-14-6-22-25(9-14)11-17(20)21/h1-4,6,8-9,17H,5,7,10-11H2. The number of rotatable bonds is 6. The highest BCUT2D eigenvalue weighted by molar-refractivity contribution is 7.97. The van der Waals surface area contributed by atoms with Crippen molar-refractivity contribution < 1.29 is 18.0 Å². The molecule has 0 saturated heterocycles. The monoisotopic (exact) mass is 407 g/mol. The van der Waals surface area contributed by atoms with Crippen LogP contribution >= 0.6 is 11.9 Å². The average molecular weight is 407 g/mol. The minimum Gasteiger partial charge on any atom is -0.332 e. The maximum absolute atomic E-state index is 13.7. The van der Waals surface area contributed by atoms with Gasteiger partial charge < -0.3 is 4.90 Å². The number of hydrogen-bond acceptors (Lipinski definition) is 4. The molecule has 0 radical (unpaired) electrons. The molecule has 6 nitrogen and oxygen atoms in total. The molecule has 10 heteroatoms. The lowest BCUT2D eigenvalue weighted by Crippen LogP contribution is -2.27. The third kappa shape index (κ3) is 4.06. The Kier molecular flexibility index (Phi) is 5.12. The van der Waals surface area contributed by atoms with Crippen LogP contribution in [-0.4, -0.2) is 36.2 Å². The summed E-state index contributed by atoms with van der Waals surface area (Å²) < 4.78 is 41.3. The quantitative estimate of drug-likeness (QED) is 0.630. The van der Waals surface area contributed by atoms with Gasteiger partial charge in [0.15, 0.2) is 0 Å². The molecule has 0 saturated carbocycles. The zero-order valence-electron chi connectivity index (χ0n) is 14.6. The number of aromatic nitrogens is 4. The SMILES string of the molecule is O=C(Cc1ccccc1F)N1Cc2cn(Sc3cnn(CC(F)F)c3)nc2C1. The number of nitrogens with zero attached hydrogens (tertiary/aromatic N) is 5. The third-order valence-corrected chi connectivity index (χ3v) is 5.14. The molecule has 2 aromatic heterocycles. The smallest absolute Gasteiger partial charge is 0.257 e. The molecule has 146 valence electrons. The second-order valence-corrected chi connectivity index (χ2v) is 7.43. The summed E-state index contributed by atoms with van der Waals surface area (Å²) in [5.41, 5.74) is 2.06. The van der Waals surface area contributed by atoms with Crippen LogP contribution < -0.4 is 0 Å². The van der Waals surface area contributed by atoms with E-state index in [1.54, 1.807) is 33.4 Å². The van der Waals surface area contributed by atoms with Crippen molar-refractivity contribution in [3.63, 3.8) is 0 Å². The van der Waals surface area contributed by atoms with Crippen LogP contribution in [0.3, 0.4) is 0 Å². The van der Waals surface area contributed by atoms with E-state index in [1.807, 2.05) is 0 Å². The van der Waals surface area contributed by atoms with E-state index in [4.69, 9.17) is 0 Å². The molecule has 0 unspecified atom stereocenters. The van der Waals surface area contributed by atoms with Crippen LogP contribution in [0.4, 0.5) is 13.2 Å².